The SMILES string of the molecule is O=C(Nc1ccc(OCC(F)(F)C(F)F)nc1)[C@H]1CCCCN1. The van der Waals surface area contributed by atoms with Crippen molar-refractivity contribution in [1.82, 2.24) is 10.3 Å². The summed E-state index contributed by atoms with van der Waals surface area (Å²) in [5.74, 6) is -4.66. The van der Waals surface area contributed by atoms with Crippen LogP contribution in [0.25, 0.3) is 0 Å². The zero-order valence-electron chi connectivity index (χ0n) is 12.2. The van der Waals surface area contributed by atoms with Crippen molar-refractivity contribution < 1.29 is 27.1 Å². The van der Waals surface area contributed by atoms with Gasteiger partial charge in [0.2, 0.25) is 11.8 Å². The first-order valence-corrected chi connectivity index (χ1v) is 7.17. The summed E-state index contributed by atoms with van der Waals surface area (Å²) in [5, 5.41) is 5.73. The average molecular weight is 335 g/mol. The minimum atomic E-state index is -4.23. The number of amides is 1. The van der Waals surface area contributed by atoms with Crippen LogP contribution < -0.4 is 15.4 Å². The first-order chi connectivity index (χ1) is 10.9. The number of nitrogens with zero attached hydrogens (tertiary/aromatic N) is 1. The van der Waals surface area contributed by atoms with Crippen LogP contribution >= 0.6 is 0 Å². The maximum atomic E-state index is 12.7. The molecule has 2 heterocycles. The van der Waals surface area contributed by atoms with Crippen molar-refractivity contribution in [2.24, 2.45) is 0 Å². The first kappa shape index (κ1) is 17.5. The normalized spacial score (nSPS) is 18.7. The number of rotatable bonds is 6. The number of hydrogen-bond donors (Lipinski definition) is 2. The second kappa shape index (κ2) is 7.58. The van der Waals surface area contributed by atoms with Gasteiger partial charge < -0.3 is 15.4 Å². The van der Waals surface area contributed by atoms with Crippen LogP contribution in [0.5, 0.6) is 5.88 Å². The monoisotopic (exact) mass is 335 g/mol. The van der Waals surface area contributed by atoms with Gasteiger partial charge in [0.25, 0.3) is 0 Å². The lowest BCUT2D eigenvalue weighted by Gasteiger charge is -2.22. The molecule has 0 saturated carbocycles. The Balaban J connectivity index is 1.85. The van der Waals surface area contributed by atoms with Crippen LogP contribution in [0.15, 0.2) is 18.3 Å². The van der Waals surface area contributed by atoms with Gasteiger partial charge in [-0.3, -0.25) is 4.79 Å². The third-order valence-corrected chi connectivity index (χ3v) is 3.36. The average Bonchev–Trinajstić information content (AvgIpc) is 2.55. The highest BCUT2D eigenvalue weighted by atomic mass is 19.3. The van der Waals surface area contributed by atoms with Crippen molar-refractivity contribution in [3.05, 3.63) is 18.3 Å². The lowest BCUT2D eigenvalue weighted by Crippen LogP contribution is -2.43. The molecule has 1 aromatic heterocycles. The summed E-state index contributed by atoms with van der Waals surface area (Å²) >= 11 is 0. The molecule has 0 aliphatic carbocycles. The Morgan fingerprint density at radius 2 is 2.22 bits per heavy atom. The van der Waals surface area contributed by atoms with E-state index in [-0.39, 0.29) is 17.8 Å². The Labute approximate surface area is 130 Å². The van der Waals surface area contributed by atoms with Crippen LogP contribution in [0.3, 0.4) is 0 Å². The van der Waals surface area contributed by atoms with E-state index in [1.54, 1.807) is 0 Å². The maximum Gasteiger partial charge on any atom is 0.340 e. The van der Waals surface area contributed by atoms with Gasteiger partial charge in [-0.15, -0.1) is 0 Å². The minimum absolute atomic E-state index is 0.204. The second-order valence-electron chi connectivity index (χ2n) is 5.23. The molecule has 1 saturated heterocycles. The highest BCUT2D eigenvalue weighted by Gasteiger charge is 2.41. The fraction of sp³-hybridized carbons (Fsp3) is 0.571. The van der Waals surface area contributed by atoms with Gasteiger partial charge in [-0.1, -0.05) is 6.42 Å². The number of piperidine rings is 1. The number of halogens is 4. The van der Waals surface area contributed by atoms with Crippen molar-refractivity contribution in [3.8, 4) is 5.88 Å². The van der Waals surface area contributed by atoms with Crippen LogP contribution in [0, 0.1) is 0 Å². The smallest absolute Gasteiger partial charge is 0.340 e. The van der Waals surface area contributed by atoms with Gasteiger partial charge >= 0.3 is 12.3 Å². The highest BCUT2D eigenvalue weighted by Crippen LogP contribution is 2.24. The quantitative estimate of drug-likeness (QED) is 0.784. The molecule has 1 amide bonds. The lowest BCUT2D eigenvalue weighted by molar-refractivity contribution is -0.148. The zero-order valence-corrected chi connectivity index (χ0v) is 12.2. The Morgan fingerprint density at radius 1 is 1.43 bits per heavy atom. The van der Waals surface area contributed by atoms with E-state index < -0.39 is 19.0 Å². The number of pyridine rings is 1. The Morgan fingerprint density at radius 3 is 2.78 bits per heavy atom. The van der Waals surface area contributed by atoms with Crippen LogP contribution in [0.1, 0.15) is 19.3 Å². The minimum Gasteiger partial charge on any atom is -0.471 e. The third kappa shape index (κ3) is 5.05. The molecule has 0 spiro atoms. The van der Waals surface area contributed by atoms with Gasteiger partial charge in [-0.05, 0) is 25.5 Å². The zero-order chi connectivity index (χ0) is 16.9. The van der Waals surface area contributed by atoms with E-state index in [0.29, 0.717) is 5.69 Å². The van der Waals surface area contributed by atoms with E-state index in [9.17, 15) is 22.4 Å². The molecular formula is C14H17F4N3O2. The van der Waals surface area contributed by atoms with Crippen molar-refractivity contribution in [3.63, 3.8) is 0 Å². The molecule has 1 atom stereocenters. The molecule has 23 heavy (non-hydrogen) atoms. The van der Waals surface area contributed by atoms with Gasteiger partial charge in [0, 0.05) is 6.07 Å². The number of alkyl halides is 4. The molecule has 2 N–H and O–H groups in total. The second-order valence-corrected chi connectivity index (χ2v) is 5.23. The van der Waals surface area contributed by atoms with Gasteiger partial charge in [-0.2, -0.15) is 8.78 Å². The molecule has 0 radical (unpaired) electrons. The maximum absolute atomic E-state index is 12.7. The largest absolute Gasteiger partial charge is 0.471 e. The number of nitrogens with one attached hydrogen (secondary N) is 2. The van der Waals surface area contributed by atoms with Crippen molar-refractivity contribution in [2.45, 2.75) is 37.7 Å². The molecular weight excluding hydrogens is 318 g/mol. The summed E-state index contributed by atoms with van der Waals surface area (Å²) in [5.41, 5.74) is 0.371. The summed E-state index contributed by atoms with van der Waals surface area (Å²) in [6, 6.07) is 2.36. The number of hydrogen-bond acceptors (Lipinski definition) is 4. The van der Waals surface area contributed by atoms with Crippen LogP contribution in [-0.4, -0.2) is 42.4 Å². The van der Waals surface area contributed by atoms with E-state index in [0.717, 1.165) is 25.8 Å². The number of anilines is 1. The Bertz CT molecular complexity index is 519. The first-order valence-electron chi connectivity index (χ1n) is 7.17. The predicted molar refractivity (Wildman–Crippen MR) is 75.0 cm³/mol. The van der Waals surface area contributed by atoms with E-state index in [4.69, 9.17) is 0 Å². The number of carbonyl (C=O) groups excluding carboxylic acids is 1. The Hall–Kier alpha value is -1.90. The molecule has 1 fully saturated rings. The molecule has 2 rings (SSSR count). The molecule has 1 aliphatic rings. The van der Waals surface area contributed by atoms with Gasteiger partial charge in [0.1, 0.15) is 0 Å². The predicted octanol–water partition coefficient (Wildman–Crippen LogP) is 2.44. The van der Waals surface area contributed by atoms with E-state index in [1.807, 2.05) is 0 Å². The Kier molecular flexibility index (Phi) is 5.75. The van der Waals surface area contributed by atoms with E-state index in [2.05, 4.69) is 20.4 Å². The molecule has 128 valence electrons. The van der Waals surface area contributed by atoms with Gasteiger partial charge in [0.15, 0.2) is 6.61 Å². The lowest BCUT2D eigenvalue weighted by atomic mass is 10.0. The van der Waals surface area contributed by atoms with Gasteiger partial charge in [0.05, 0.1) is 17.9 Å². The summed E-state index contributed by atoms with van der Waals surface area (Å²) in [7, 11) is 0. The van der Waals surface area contributed by atoms with Crippen LogP contribution in [0.4, 0.5) is 23.2 Å². The fourth-order valence-corrected chi connectivity index (χ4v) is 2.08. The molecule has 0 unspecified atom stereocenters. The summed E-state index contributed by atoms with van der Waals surface area (Å²) in [6.07, 6.45) is 0.151. The summed E-state index contributed by atoms with van der Waals surface area (Å²) in [4.78, 5) is 15.7. The molecule has 0 bridgehead atoms. The van der Waals surface area contributed by atoms with E-state index in [1.165, 1.54) is 18.3 Å². The van der Waals surface area contributed by atoms with E-state index >= 15 is 0 Å². The molecule has 9 heteroatoms. The number of aromatic nitrogens is 1. The molecule has 1 aliphatic heterocycles. The van der Waals surface area contributed by atoms with Crippen molar-refractivity contribution in [1.29, 1.82) is 0 Å². The van der Waals surface area contributed by atoms with Crippen LogP contribution in [-0.2, 0) is 4.79 Å². The molecule has 5 nitrogen and oxygen atoms in total. The van der Waals surface area contributed by atoms with Crippen molar-refractivity contribution >= 4 is 11.6 Å². The summed E-state index contributed by atoms with van der Waals surface area (Å²) < 4.78 is 54.0. The topological polar surface area (TPSA) is 63.2 Å². The third-order valence-electron chi connectivity index (χ3n) is 3.36. The standard InChI is InChI=1S/C14H17F4N3O2/c15-13(16)14(17,18)8-23-11-5-4-9(7-20-11)21-12(22)10-3-1-2-6-19-10/h4-5,7,10,13,19H,1-3,6,8H2,(H,21,22)/t10-/m1/s1. The number of carbonyl (C=O) groups is 1. The van der Waals surface area contributed by atoms with Crippen LogP contribution in [0.2, 0.25) is 0 Å². The number of ether oxygens (including phenoxy) is 1. The summed E-state index contributed by atoms with van der Waals surface area (Å²) in [6.45, 7) is -0.684. The molecule has 1 aromatic rings. The fourth-order valence-electron chi connectivity index (χ4n) is 2.08. The highest BCUT2D eigenvalue weighted by molar-refractivity contribution is 5.94. The van der Waals surface area contributed by atoms with Gasteiger partial charge in [-0.25, -0.2) is 13.8 Å². The molecule has 0 aromatic carbocycles. The van der Waals surface area contributed by atoms with Crippen molar-refractivity contribution in [2.75, 3.05) is 18.5 Å².